The fraction of sp³-hybridized carbons (Fsp3) is 0.304. The first kappa shape index (κ1) is 20.4. The molecule has 2 aromatic rings. The number of carbonyl (C=O) groups excluding carboxylic acids is 1. The number of hydrazone groups is 1. The van der Waals surface area contributed by atoms with Crippen LogP contribution in [0.4, 0.5) is 5.69 Å². The van der Waals surface area contributed by atoms with Gasteiger partial charge < -0.3 is 5.32 Å². The molecule has 142 valence electrons. The smallest absolute Gasteiger partial charge is 0.262 e. The Morgan fingerprint density at radius 2 is 1.63 bits per heavy atom. The van der Waals surface area contributed by atoms with Crippen molar-refractivity contribution in [2.24, 2.45) is 5.10 Å². The lowest BCUT2D eigenvalue weighted by molar-refractivity contribution is -0.121. The van der Waals surface area contributed by atoms with Gasteiger partial charge in [0, 0.05) is 5.69 Å². The van der Waals surface area contributed by atoms with Crippen molar-refractivity contribution in [3.63, 3.8) is 0 Å². The first-order valence-corrected chi connectivity index (χ1v) is 9.29. The minimum atomic E-state index is -0.377. The van der Waals surface area contributed by atoms with Gasteiger partial charge in [0.25, 0.3) is 5.91 Å². The van der Waals surface area contributed by atoms with Crippen molar-refractivity contribution in [3.05, 3.63) is 70.8 Å². The summed E-state index contributed by atoms with van der Waals surface area (Å²) in [6.45, 7) is 10.2. The molecule has 2 N–H and O–H groups in total. The molecule has 1 amide bonds. The average Bonchev–Trinajstić information content (AvgIpc) is 2.64. The molecule has 0 radical (unpaired) electrons. The van der Waals surface area contributed by atoms with E-state index in [0.717, 1.165) is 16.8 Å². The van der Waals surface area contributed by atoms with E-state index in [1.165, 1.54) is 11.1 Å². The zero-order chi connectivity index (χ0) is 19.8. The summed E-state index contributed by atoms with van der Waals surface area (Å²) < 4.78 is 0. The topological polar surface area (TPSA) is 53.5 Å². The van der Waals surface area contributed by atoms with Gasteiger partial charge in [-0.25, -0.2) is 5.43 Å². The van der Waals surface area contributed by atoms with Gasteiger partial charge in [0.15, 0.2) is 0 Å². The average molecular weight is 364 g/mol. The van der Waals surface area contributed by atoms with Crippen LogP contribution in [0, 0.1) is 6.92 Å². The zero-order valence-electron chi connectivity index (χ0n) is 16.8. The van der Waals surface area contributed by atoms with Gasteiger partial charge in [-0.15, -0.1) is 0 Å². The van der Waals surface area contributed by atoms with Crippen LogP contribution in [0.15, 0.2) is 59.2 Å². The molecule has 0 saturated heterocycles. The third-order valence-electron chi connectivity index (χ3n) is 4.27. The fourth-order valence-electron chi connectivity index (χ4n) is 2.54. The number of hydrogen-bond acceptors (Lipinski definition) is 3. The third-order valence-corrected chi connectivity index (χ3v) is 4.27. The Balaban J connectivity index is 1.87. The molecular formula is C23H29N3O. The molecule has 2 aromatic carbocycles. The second kappa shape index (κ2) is 9.72. The van der Waals surface area contributed by atoms with E-state index in [1.807, 2.05) is 51.1 Å². The zero-order valence-corrected chi connectivity index (χ0v) is 16.8. The summed E-state index contributed by atoms with van der Waals surface area (Å²) in [5.74, 6) is 0.345. The molecule has 2 rings (SSSR count). The summed E-state index contributed by atoms with van der Waals surface area (Å²) in [7, 11) is 0. The highest BCUT2D eigenvalue weighted by atomic mass is 16.2. The Hall–Kier alpha value is -2.88. The molecule has 0 unspecified atom stereocenters. The van der Waals surface area contributed by atoms with Crippen LogP contribution in [0.2, 0.25) is 0 Å². The number of aryl methyl sites for hydroxylation is 1. The van der Waals surface area contributed by atoms with E-state index in [1.54, 1.807) is 6.21 Å². The van der Waals surface area contributed by atoms with Crippen LogP contribution in [-0.2, 0) is 4.79 Å². The Morgan fingerprint density at radius 3 is 2.22 bits per heavy atom. The van der Waals surface area contributed by atoms with Crippen LogP contribution < -0.4 is 10.7 Å². The molecule has 0 aromatic heterocycles. The Morgan fingerprint density at radius 1 is 1.00 bits per heavy atom. The molecule has 0 spiro atoms. The number of hydrogen-bond donors (Lipinski definition) is 2. The highest BCUT2D eigenvalue weighted by Crippen LogP contribution is 2.16. The minimum absolute atomic E-state index is 0.180. The normalized spacial score (nSPS) is 13.0. The molecule has 4 heteroatoms. The summed E-state index contributed by atoms with van der Waals surface area (Å²) in [4.78, 5) is 12.1. The minimum Gasteiger partial charge on any atom is -0.374 e. The van der Waals surface area contributed by atoms with Crippen molar-refractivity contribution in [2.45, 2.75) is 46.6 Å². The summed E-state index contributed by atoms with van der Waals surface area (Å²) in [6.07, 6.45) is 3.70. The van der Waals surface area contributed by atoms with Gasteiger partial charge in [-0.1, -0.05) is 61.9 Å². The van der Waals surface area contributed by atoms with E-state index in [0.29, 0.717) is 5.92 Å². The van der Waals surface area contributed by atoms with Gasteiger partial charge in [0.1, 0.15) is 6.04 Å². The molecule has 27 heavy (non-hydrogen) atoms. The number of nitrogens with zero attached hydrogens (tertiary/aromatic N) is 1. The largest absolute Gasteiger partial charge is 0.374 e. The first-order valence-electron chi connectivity index (χ1n) is 9.29. The molecular weight excluding hydrogens is 334 g/mol. The second-order valence-electron chi connectivity index (χ2n) is 7.18. The molecule has 0 aliphatic rings. The van der Waals surface area contributed by atoms with Crippen molar-refractivity contribution in [1.82, 2.24) is 5.43 Å². The summed E-state index contributed by atoms with van der Waals surface area (Å²) in [5, 5.41) is 7.22. The van der Waals surface area contributed by atoms with Crippen LogP contribution in [0.25, 0.3) is 6.08 Å². The quantitative estimate of drug-likeness (QED) is 0.529. The van der Waals surface area contributed by atoms with Crippen LogP contribution in [0.5, 0.6) is 0 Å². The fourth-order valence-corrected chi connectivity index (χ4v) is 2.54. The Labute approximate surface area is 162 Å². The van der Waals surface area contributed by atoms with Gasteiger partial charge in [-0.05, 0) is 55.5 Å². The van der Waals surface area contributed by atoms with Gasteiger partial charge in [-0.3, -0.25) is 4.79 Å². The van der Waals surface area contributed by atoms with Crippen molar-refractivity contribution in [2.75, 3.05) is 5.32 Å². The number of amides is 1. The van der Waals surface area contributed by atoms with E-state index in [-0.39, 0.29) is 11.9 Å². The predicted molar refractivity (Wildman–Crippen MR) is 115 cm³/mol. The summed E-state index contributed by atoms with van der Waals surface area (Å²) in [6, 6.07) is 16.0. The SMILES string of the molecule is CC(/C=N\NC(=O)[C@H](C)Nc1ccc(C)cc1)=C/c1ccc(C(C)C)cc1. The van der Waals surface area contributed by atoms with Crippen molar-refractivity contribution in [1.29, 1.82) is 0 Å². The molecule has 4 nitrogen and oxygen atoms in total. The number of carbonyl (C=O) groups is 1. The van der Waals surface area contributed by atoms with Crippen LogP contribution in [0.3, 0.4) is 0 Å². The Bertz CT molecular complexity index is 803. The number of benzene rings is 2. The molecule has 0 heterocycles. The standard InChI is InChI=1S/C23H29N3O/c1-16(2)21-10-8-20(9-11-21)14-18(4)15-24-26-23(27)19(5)25-22-12-6-17(3)7-13-22/h6-16,19,25H,1-5H3,(H,26,27)/b18-14-,24-15-/t19-/m0/s1. The number of rotatable bonds is 7. The van der Waals surface area contributed by atoms with Gasteiger partial charge in [0.05, 0.1) is 6.21 Å². The van der Waals surface area contributed by atoms with Crippen molar-refractivity contribution in [3.8, 4) is 0 Å². The van der Waals surface area contributed by atoms with E-state index in [4.69, 9.17) is 0 Å². The van der Waals surface area contributed by atoms with Gasteiger partial charge >= 0.3 is 0 Å². The monoisotopic (exact) mass is 363 g/mol. The lowest BCUT2D eigenvalue weighted by Crippen LogP contribution is -2.34. The van der Waals surface area contributed by atoms with Crippen molar-refractivity contribution < 1.29 is 4.79 Å². The second-order valence-corrected chi connectivity index (χ2v) is 7.18. The molecule has 1 atom stereocenters. The molecule has 0 bridgehead atoms. The maximum Gasteiger partial charge on any atom is 0.262 e. The number of nitrogens with one attached hydrogen (secondary N) is 2. The highest BCUT2D eigenvalue weighted by Gasteiger charge is 2.11. The van der Waals surface area contributed by atoms with E-state index in [9.17, 15) is 4.79 Å². The van der Waals surface area contributed by atoms with Gasteiger partial charge in [-0.2, -0.15) is 5.10 Å². The maximum absolute atomic E-state index is 12.1. The van der Waals surface area contributed by atoms with E-state index < -0.39 is 0 Å². The van der Waals surface area contributed by atoms with Crippen LogP contribution >= 0.6 is 0 Å². The summed E-state index contributed by atoms with van der Waals surface area (Å²) in [5.41, 5.74) is 8.08. The number of allylic oxidation sites excluding steroid dienone is 1. The first-order chi connectivity index (χ1) is 12.8. The lowest BCUT2D eigenvalue weighted by atomic mass is 10.0. The van der Waals surface area contributed by atoms with E-state index in [2.05, 4.69) is 54.0 Å². The molecule has 0 aliphatic heterocycles. The van der Waals surface area contributed by atoms with Crippen LogP contribution in [-0.4, -0.2) is 18.2 Å². The Kier molecular flexibility index (Phi) is 7.35. The maximum atomic E-state index is 12.1. The van der Waals surface area contributed by atoms with Gasteiger partial charge in [0.2, 0.25) is 0 Å². The highest BCUT2D eigenvalue weighted by molar-refractivity contribution is 5.88. The lowest BCUT2D eigenvalue weighted by Gasteiger charge is -2.13. The number of anilines is 1. The van der Waals surface area contributed by atoms with Crippen molar-refractivity contribution >= 4 is 23.9 Å². The summed E-state index contributed by atoms with van der Waals surface area (Å²) >= 11 is 0. The molecule has 0 aliphatic carbocycles. The van der Waals surface area contributed by atoms with Crippen LogP contribution in [0.1, 0.15) is 50.3 Å². The molecule has 0 fully saturated rings. The molecule has 0 saturated carbocycles. The predicted octanol–water partition coefficient (Wildman–Crippen LogP) is 5.12. The third kappa shape index (κ3) is 6.74. The van der Waals surface area contributed by atoms with E-state index >= 15 is 0 Å².